The number of aromatic nitrogens is 1. The molecule has 1 saturated carbocycles. The first-order chi connectivity index (χ1) is 8.24. The number of nitrogens with zero attached hydrogens (tertiary/aromatic N) is 1. The highest BCUT2D eigenvalue weighted by Crippen LogP contribution is 2.19. The third kappa shape index (κ3) is 4.73. The van der Waals surface area contributed by atoms with Crippen molar-refractivity contribution in [2.45, 2.75) is 45.7 Å². The Labute approximate surface area is 104 Å². The van der Waals surface area contributed by atoms with E-state index in [0.29, 0.717) is 5.92 Å². The maximum Gasteiger partial charge on any atom is 0.213 e. The molecule has 0 spiro atoms. The van der Waals surface area contributed by atoms with Gasteiger partial charge in [-0.15, -0.1) is 0 Å². The zero-order valence-electron chi connectivity index (χ0n) is 10.8. The Morgan fingerprint density at radius 3 is 3.00 bits per heavy atom. The van der Waals surface area contributed by atoms with Crippen molar-refractivity contribution in [3.05, 3.63) is 23.9 Å². The Morgan fingerprint density at radius 1 is 1.47 bits per heavy atom. The molecule has 1 aliphatic rings. The highest BCUT2D eigenvalue weighted by Gasteiger charge is 2.19. The molecule has 1 aromatic rings. The fourth-order valence-corrected chi connectivity index (χ4v) is 1.59. The number of hydrogen-bond acceptors (Lipinski definition) is 3. The summed E-state index contributed by atoms with van der Waals surface area (Å²) in [7, 11) is 0. The van der Waals surface area contributed by atoms with Crippen LogP contribution >= 0.6 is 0 Å². The van der Waals surface area contributed by atoms with Gasteiger partial charge < -0.3 is 10.1 Å². The van der Waals surface area contributed by atoms with Crippen molar-refractivity contribution in [1.82, 2.24) is 10.3 Å². The standard InChI is InChI=1S/C14H22N2O/c1-11(2)6-8-17-14-9-12(5-7-15-14)10-16-13-3-4-13/h5,7,9,11,13,16H,3-4,6,8,10H2,1-2H3. The van der Waals surface area contributed by atoms with Gasteiger partial charge in [0, 0.05) is 24.8 Å². The van der Waals surface area contributed by atoms with E-state index in [2.05, 4.69) is 24.1 Å². The molecular weight excluding hydrogens is 212 g/mol. The molecule has 1 N–H and O–H groups in total. The zero-order chi connectivity index (χ0) is 12.1. The topological polar surface area (TPSA) is 34.1 Å². The van der Waals surface area contributed by atoms with Crippen molar-refractivity contribution in [3.8, 4) is 5.88 Å². The summed E-state index contributed by atoms with van der Waals surface area (Å²) in [4.78, 5) is 4.23. The van der Waals surface area contributed by atoms with Gasteiger partial charge >= 0.3 is 0 Å². The predicted molar refractivity (Wildman–Crippen MR) is 69.0 cm³/mol. The molecule has 3 heteroatoms. The summed E-state index contributed by atoms with van der Waals surface area (Å²) in [5.41, 5.74) is 1.26. The van der Waals surface area contributed by atoms with E-state index in [1.165, 1.54) is 18.4 Å². The van der Waals surface area contributed by atoms with E-state index in [0.717, 1.165) is 31.5 Å². The van der Waals surface area contributed by atoms with Gasteiger partial charge in [0.25, 0.3) is 0 Å². The van der Waals surface area contributed by atoms with Gasteiger partial charge in [-0.2, -0.15) is 0 Å². The molecule has 1 aromatic heterocycles. The second kappa shape index (κ2) is 6.01. The Hall–Kier alpha value is -1.09. The van der Waals surface area contributed by atoms with Crippen molar-refractivity contribution in [1.29, 1.82) is 0 Å². The highest BCUT2D eigenvalue weighted by molar-refractivity contribution is 5.20. The molecule has 17 heavy (non-hydrogen) atoms. The van der Waals surface area contributed by atoms with Crippen molar-refractivity contribution in [3.63, 3.8) is 0 Å². The molecule has 0 aliphatic heterocycles. The summed E-state index contributed by atoms with van der Waals surface area (Å²) in [5, 5.41) is 3.49. The largest absolute Gasteiger partial charge is 0.478 e. The van der Waals surface area contributed by atoms with Crippen LogP contribution in [0.4, 0.5) is 0 Å². The summed E-state index contributed by atoms with van der Waals surface area (Å²) in [6, 6.07) is 4.83. The third-order valence-electron chi connectivity index (χ3n) is 2.92. The van der Waals surface area contributed by atoms with Crippen LogP contribution in [-0.4, -0.2) is 17.6 Å². The second-order valence-electron chi connectivity index (χ2n) is 5.19. The van der Waals surface area contributed by atoms with Crippen molar-refractivity contribution < 1.29 is 4.74 Å². The maximum absolute atomic E-state index is 5.64. The molecule has 0 aromatic carbocycles. The molecule has 0 amide bonds. The highest BCUT2D eigenvalue weighted by atomic mass is 16.5. The number of hydrogen-bond donors (Lipinski definition) is 1. The molecule has 0 radical (unpaired) electrons. The van der Waals surface area contributed by atoms with Crippen LogP contribution in [0.15, 0.2) is 18.3 Å². The first-order valence-corrected chi connectivity index (χ1v) is 6.55. The summed E-state index contributed by atoms with van der Waals surface area (Å²) in [6.45, 7) is 6.08. The van der Waals surface area contributed by atoms with Gasteiger partial charge in [-0.05, 0) is 36.8 Å². The van der Waals surface area contributed by atoms with Crippen molar-refractivity contribution in [2.24, 2.45) is 5.92 Å². The van der Waals surface area contributed by atoms with Crippen LogP contribution in [0.5, 0.6) is 5.88 Å². The van der Waals surface area contributed by atoms with Crippen molar-refractivity contribution >= 4 is 0 Å². The number of rotatable bonds is 7. The lowest BCUT2D eigenvalue weighted by Gasteiger charge is -2.08. The average molecular weight is 234 g/mol. The van der Waals surface area contributed by atoms with Crippen LogP contribution in [0.2, 0.25) is 0 Å². The first-order valence-electron chi connectivity index (χ1n) is 6.55. The SMILES string of the molecule is CC(C)CCOc1cc(CNC2CC2)ccn1. The fourth-order valence-electron chi connectivity index (χ4n) is 1.59. The lowest BCUT2D eigenvalue weighted by Crippen LogP contribution is -2.15. The summed E-state index contributed by atoms with van der Waals surface area (Å²) < 4.78 is 5.64. The second-order valence-corrected chi connectivity index (χ2v) is 5.19. The third-order valence-corrected chi connectivity index (χ3v) is 2.92. The molecule has 1 heterocycles. The van der Waals surface area contributed by atoms with Gasteiger partial charge in [-0.1, -0.05) is 13.8 Å². The quantitative estimate of drug-likeness (QED) is 0.787. The van der Waals surface area contributed by atoms with E-state index in [1.807, 2.05) is 18.3 Å². The van der Waals surface area contributed by atoms with Gasteiger partial charge in [-0.3, -0.25) is 0 Å². The molecule has 0 atom stereocenters. The molecule has 2 rings (SSSR count). The van der Waals surface area contributed by atoms with Crippen LogP contribution in [-0.2, 0) is 6.54 Å². The smallest absolute Gasteiger partial charge is 0.213 e. The van der Waals surface area contributed by atoms with E-state index >= 15 is 0 Å². The van der Waals surface area contributed by atoms with Crippen LogP contribution in [0.3, 0.4) is 0 Å². The summed E-state index contributed by atoms with van der Waals surface area (Å²) >= 11 is 0. The van der Waals surface area contributed by atoms with E-state index in [-0.39, 0.29) is 0 Å². The zero-order valence-corrected chi connectivity index (χ0v) is 10.8. The normalized spacial score (nSPS) is 15.2. The van der Waals surface area contributed by atoms with E-state index < -0.39 is 0 Å². The van der Waals surface area contributed by atoms with Crippen molar-refractivity contribution in [2.75, 3.05) is 6.61 Å². The predicted octanol–water partition coefficient (Wildman–Crippen LogP) is 2.76. The maximum atomic E-state index is 5.64. The number of nitrogens with one attached hydrogen (secondary N) is 1. The van der Waals surface area contributed by atoms with Gasteiger partial charge in [0.2, 0.25) is 5.88 Å². The molecule has 94 valence electrons. The van der Waals surface area contributed by atoms with Crippen LogP contribution in [0, 0.1) is 5.92 Å². The molecule has 0 saturated heterocycles. The summed E-state index contributed by atoms with van der Waals surface area (Å²) in [5.74, 6) is 1.43. The Balaban J connectivity index is 1.78. The monoisotopic (exact) mass is 234 g/mol. The first kappa shape index (κ1) is 12.4. The van der Waals surface area contributed by atoms with Crippen LogP contribution < -0.4 is 10.1 Å². The van der Waals surface area contributed by atoms with E-state index in [4.69, 9.17) is 4.74 Å². The average Bonchev–Trinajstić information content (AvgIpc) is 3.10. The molecule has 1 fully saturated rings. The lowest BCUT2D eigenvalue weighted by molar-refractivity contribution is 0.279. The molecule has 3 nitrogen and oxygen atoms in total. The Kier molecular flexibility index (Phi) is 4.37. The van der Waals surface area contributed by atoms with Crippen LogP contribution in [0.1, 0.15) is 38.7 Å². The van der Waals surface area contributed by atoms with Gasteiger partial charge in [0.05, 0.1) is 6.61 Å². The minimum Gasteiger partial charge on any atom is -0.478 e. The minimum atomic E-state index is 0.676. The van der Waals surface area contributed by atoms with Gasteiger partial charge in [0.1, 0.15) is 0 Å². The molecule has 1 aliphatic carbocycles. The Bertz CT molecular complexity index is 348. The molecule has 0 unspecified atom stereocenters. The Morgan fingerprint density at radius 2 is 2.29 bits per heavy atom. The fraction of sp³-hybridized carbons (Fsp3) is 0.643. The van der Waals surface area contributed by atoms with Gasteiger partial charge in [-0.25, -0.2) is 4.98 Å². The van der Waals surface area contributed by atoms with Gasteiger partial charge in [0.15, 0.2) is 0 Å². The lowest BCUT2D eigenvalue weighted by atomic mass is 10.1. The minimum absolute atomic E-state index is 0.676. The van der Waals surface area contributed by atoms with Crippen LogP contribution in [0.25, 0.3) is 0 Å². The van der Waals surface area contributed by atoms with E-state index in [1.54, 1.807) is 0 Å². The summed E-state index contributed by atoms with van der Waals surface area (Å²) in [6.07, 6.45) is 5.55. The number of pyridine rings is 1. The molecule has 0 bridgehead atoms. The van der Waals surface area contributed by atoms with E-state index in [9.17, 15) is 0 Å². The molecular formula is C14H22N2O. The number of ether oxygens (including phenoxy) is 1.